The van der Waals surface area contributed by atoms with Crippen molar-refractivity contribution in [2.24, 2.45) is 11.5 Å². The summed E-state index contributed by atoms with van der Waals surface area (Å²) in [5.74, 6) is -6.41. The number of thiazole rings is 2. The summed E-state index contributed by atoms with van der Waals surface area (Å²) in [5, 5.41) is 1.34. The van der Waals surface area contributed by atoms with E-state index in [4.69, 9.17) is 20.9 Å². The quantitative estimate of drug-likeness (QED) is 0.133. The molecule has 1 saturated carbocycles. The van der Waals surface area contributed by atoms with Crippen LogP contribution in [0, 0.1) is 23.3 Å². The van der Waals surface area contributed by atoms with Crippen molar-refractivity contribution in [1.29, 1.82) is 0 Å². The summed E-state index contributed by atoms with van der Waals surface area (Å²) in [7, 11) is 0. The van der Waals surface area contributed by atoms with Crippen LogP contribution < -0.4 is 20.9 Å². The highest BCUT2D eigenvalue weighted by atomic mass is 32.1. The van der Waals surface area contributed by atoms with Gasteiger partial charge in [0.25, 0.3) is 11.8 Å². The van der Waals surface area contributed by atoms with E-state index in [1.54, 1.807) is 0 Å². The fraction of sp³-hybridized carbons (Fsp3) is 0.286. The number of carbonyl (C=O) groups is 2. The van der Waals surface area contributed by atoms with E-state index in [0.717, 1.165) is 57.5 Å². The fourth-order valence-electron chi connectivity index (χ4n) is 7.10. The van der Waals surface area contributed by atoms with Crippen molar-refractivity contribution in [3.05, 3.63) is 122 Å². The SMILES string of the molecule is NC(=O)c1c(F)ccc(OCc2nc3cc(C4=CCCCC4)ccc3s2)c1F.NC(=O)c1c(F)ccc(OCc2nc3cc(C4CCCCC4)ccc3s2)c1F. The molecule has 290 valence electrons. The number of primary amides is 2. The summed E-state index contributed by atoms with van der Waals surface area (Å²) in [6.45, 7) is 0.0387. The van der Waals surface area contributed by atoms with E-state index in [2.05, 4.69) is 46.4 Å². The van der Waals surface area contributed by atoms with Crippen molar-refractivity contribution in [3.8, 4) is 11.5 Å². The minimum atomic E-state index is -1.18. The van der Waals surface area contributed by atoms with Gasteiger partial charge in [0, 0.05) is 0 Å². The van der Waals surface area contributed by atoms with Crippen LogP contribution in [0.1, 0.15) is 106 Å². The molecule has 2 heterocycles. The molecule has 56 heavy (non-hydrogen) atoms. The maximum Gasteiger partial charge on any atom is 0.254 e. The molecule has 4 N–H and O–H groups in total. The predicted octanol–water partition coefficient (Wildman–Crippen LogP) is 10.5. The number of fused-ring (bicyclic) bond motifs is 2. The highest BCUT2D eigenvalue weighted by molar-refractivity contribution is 7.18. The smallest absolute Gasteiger partial charge is 0.254 e. The zero-order valence-corrected chi connectivity index (χ0v) is 31.8. The van der Waals surface area contributed by atoms with Gasteiger partial charge in [0.05, 0.1) is 20.4 Å². The molecule has 6 aromatic rings. The van der Waals surface area contributed by atoms with Crippen molar-refractivity contribution in [2.75, 3.05) is 0 Å². The normalized spacial score (nSPS) is 14.6. The van der Waals surface area contributed by atoms with Gasteiger partial charge in [-0.15, -0.1) is 22.7 Å². The van der Waals surface area contributed by atoms with E-state index in [1.807, 2.05) is 6.07 Å². The lowest BCUT2D eigenvalue weighted by Crippen LogP contribution is -2.16. The van der Waals surface area contributed by atoms with Gasteiger partial charge >= 0.3 is 0 Å². The number of amides is 2. The van der Waals surface area contributed by atoms with E-state index < -0.39 is 46.2 Å². The van der Waals surface area contributed by atoms with Gasteiger partial charge in [-0.3, -0.25) is 9.59 Å². The maximum absolute atomic E-state index is 14.3. The molecular formula is C42H38F4N4O4S2. The van der Waals surface area contributed by atoms with E-state index in [1.165, 1.54) is 84.3 Å². The summed E-state index contributed by atoms with van der Waals surface area (Å²) in [6, 6.07) is 16.8. The third-order valence-electron chi connectivity index (χ3n) is 9.93. The molecule has 0 atom stereocenters. The van der Waals surface area contributed by atoms with Crippen LogP contribution in [0.4, 0.5) is 17.6 Å². The molecule has 8 nitrogen and oxygen atoms in total. The largest absolute Gasteiger partial charge is 0.483 e. The third-order valence-corrected chi connectivity index (χ3v) is 12.0. The first-order valence-electron chi connectivity index (χ1n) is 18.3. The van der Waals surface area contributed by atoms with E-state index in [-0.39, 0.29) is 24.7 Å². The van der Waals surface area contributed by atoms with Crippen LogP contribution in [0.25, 0.3) is 26.0 Å². The van der Waals surface area contributed by atoms with Crippen molar-refractivity contribution < 1.29 is 36.6 Å². The lowest BCUT2D eigenvalue weighted by molar-refractivity contribution is 0.0982. The minimum Gasteiger partial charge on any atom is -0.483 e. The van der Waals surface area contributed by atoms with Crippen LogP contribution in [-0.4, -0.2) is 21.8 Å². The molecule has 0 unspecified atom stereocenters. The molecule has 0 bridgehead atoms. The molecule has 4 aromatic carbocycles. The van der Waals surface area contributed by atoms with Crippen molar-refractivity contribution in [3.63, 3.8) is 0 Å². The van der Waals surface area contributed by atoms with Gasteiger partial charge in [-0.1, -0.05) is 37.5 Å². The molecule has 2 aliphatic carbocycles. The van der Waals surface area contributed by atoms with Gasteiger partial charge < -0.3 is 20.9 Å². The highest BCUT2D eigenvalue weighted by Crippen LogP contribution is 2.36. The molecule has 14 heteroatoms. The number of hydrogen-bond acceptors (Lipinski definition) is 8. The lowest BCUT2D eigenvalue weighted by Gasteiger charge is -2.21. The Balaban J connectivity index is 0.000000172. The zero-order valence-electron chi connectivity index (χ0n) is 30.2. The molecule has 0 aliphatic heterocycles. The Kier molecular flexibility index (Phi) is 12.0. The third kappa shape index (κ3) is 8.71. The Morgan fingerprint density at radius 1 is 0.679 bits per heavy atom. The highest BCUT2D eigenvalue weighted by Gasteiger charge is 2.22. The van der Waals surface area contributed by atoms with Crippen LogP contribution in [0.5, 0.6) is 11.5 Å². The van der Waals surface area contributed by atoms with Crippen LogP contribution in [-0.2, 0) is 13.2 Å². The summed E-state index contributed by atoms with van der Waals surface area (Å²) in [4.78, 5) is 31.6. The Hall–Kier alpha value is -5.34. The van der Waals surface area contributed by atoms with Crippen molar-refractivity contribution in [1.82, 2.24) is 9.97 Å². The van der Waals surface area contributed by atoms with Crippen molar-refractivity contribution >= 4 is 60.5 Å². The lowest BCUT2D eigenvalue weighted by atomic mass is 9.84. The van der Waals surface area contributed by atoms with E-state index >= 15 is 0 Å². The average molecular weight is 803 g/mol. The predicted molar refractivity (Wildman–Crippen MR) is 210 cm³/mol. The first-order valence-corrected chi connectivity index (χ1v) is 20.0. The maximum atomic E-state index is 14.3. The van der Waals surface area contributed by atoms with Gasteiger partial charge in [-0.25, -0.2) is 27.5 Å². The van der Waals surface area contributed by atoms with Crippen molar-refractivity contribution in [2.45, 2.75) is 76.9 Å². The number of carbonyl (C=O) groups excluding carboxylic acids is 2. The van der Waals surface area contributed by atoms with Gasteiger partial charge in [-0.05, 0) is 110 Å². The molecule has 0 saturated heterocycles. The second kappa shape index (κ2) is 17.2. The number of hydrogen-bond donors (Lipinski definition) is 2. The second-order valence-electron chi connectivity index (χ2n) is 13.7. The number of aromatic nitrogens is 2. The monoisotopic (exact) mass is 802 g/mol. The molecule has 2 aliphatic rings. The van der Waals surface area contributed by atoms with Crippen LogP contribution in [0.2, 0.25) is 0 Å². The molecule has 2 aromatic heterocycles. The molecule has 2 amide bonds. The van der Waals surface area contributed by atoms with Crippen LogP contribution in [0.15, 0.2) is 66.7 Å². The minimum absolute atomic E-state index is 0.0120. The molecular weight excluding hydrogens is 765 g/mol. The number of halogens is 4. The van der Waals surface area contributed by atoms with Gasteiger partial charge in [-0.2, -0.15) is 0 Å². The Morgan fingerprint density at radius 3 is 1.77 bits per heavy atom. The topological polar surface area (TPSA) is 130 Å². The van der Waals surface area contributed by atoms with E-state index in [0.29, 0.717) is 15.9 Å². The molecule has 0 radical (unpaired) electrons. The number of nitrogens with zero attached hydrogens (tertiary/aromatic N) is 2. The second-order valence-corrected chi connectivity index (χ2v) is 15.9. The molecule has 1 fully saturated rings. The standard InChI is InChI=1S/C21H20F2N2O2S.C21H18F2N2O2S/c2*22-14-7-8-16(20(23)19(14)21(24)26)27-11-18-25-15-10-13(6-9-17(15)28-18)12-4-2-1-3-5-12/h6-10,12H,1-5,11H2,(H2,24,26);4,6-10H,1-3,5,11H2,(H2,24,26). The Morgan fingerprint density at radius 2 is 1.23 bits per heavy atom. The summed E-state index contributed by atoms with van der Waals surface area (Å²) < 4.78 is 68.6. The number of allylic oxidation sites excluding steroid dienone is 2. The first-order chi connectivity index (χ1) is 27.0. The summed E-state index contributed by atoms with van der Waals surface area (Å²) in [6.07, 6.45) is 13.2. The Bertz CT molecular complexity index is 2460. The van der Waals surface area contributed by atoms with Gasteiger partial charge in [0.15, 0.2) is 23.1 Å². The molecule has 0 spiro atoms. The fourth-order valence-corrected chi connectivity index (χ4v) is 8.82. The summed E-state index contributed by atoms with van der Waals surface area (Å²) in [5.41, 5.74) is 14.1. The molecule has 8 rings (SSSR count). The summed E-state index contributed by atoms with van der Waals surface area (Å²) >= 11 is 2.91. The number of ether oxygens (including phenoxy) is 2. The Labute approximate surface area is 328 Å². The number of benzene rings is 4. The van der Waals surface area contributed by atoms with E-state index in [9.17, 15) is 27.2 Å². The zero-order chi connectivity index (χ0) is 39.3. The first kappa shape index (κ1) is 38.9. The van der Waals surface area contributed by atoms with Crippen LogP contribution in [0.3, 0.4) is 0 Å². The van der Waals surface area contributed by atoms with Gasteiger partial charge in [0.2, 0.25) is 0 Å². The number of nitrogens with two attached hydrogens (primary N) is 2. The number of rotatable bonds is 10. The van der Waals surface area contributed by atoms with Gasteiger partial charge in [0.1, 0.15) is 46.0 Å². The average Bonchev–Trinajstić information content (AvgIpc) is 3.81. The van der Waals surface area contributed by atoms with Crippen LogP contribution >= 0.6 is 22.7 Å².